The minimum Gasteiger partial charge on any atom is -0.497 e. The summed E-state index contributed by atoms with van der Waals surface area (Å²) in [4.78, 5) is 0. The Bertz CT molecular complexity index is 632. The molecule has 0 aromatic heterocycles. The third-order valence-electron chi connectivity index (χ3n) is 3.58. The Balaban J connectivity index is 2.55. The van der Waals surface area contributed by atoms with Crippen molar-refractivity contribution in [3.8, 4) is 5.75 Å². The van der Waals surface area contributed by atoms with Crippen molar-refractivity contribution in [2.45, 2.75) is 19.9 Å². The maximum absolute atomic E-state index is 14.3. The molecule has 0 saturated carbocycles. The molecule has 0 bridgehead atoms. The number of aryl methyl sites for hydroxylation is 2. The van der Waals surface area contributed by atoms with E-state index in [0.29, 0.717) is 16.9 Å². The van der Waals surface area contributed by atoms with Gasteiger partial charge in [-0.2, -0.15) is 0 Å². The van der Waals surface area contributed by atoms with E-state index in [1.165, 1.54) is 19.2 Å². The Morgan fingerprint density at radius 3 is 2.29 bits per heavy atom. The lowest BCUT2D eigenvalue weighted by Gasteiger charge is -2.21. The number of rotatable bonds is 4. The van der Waals surface area contributed by atoms with E-state index in [9.17, 15) is 8.78 Å². The van der Waals surface area contributed by atoms with Gasteiger partial charge < -0.3 is 10.1 Å². The predicted molar refractivity (Wildman–Crippen MR) is 79.7 cm³/mol. The second-order valence-corrected chi connectivity index (χ2v) is 5.09. The van der Waals surface area contributed by atoms with Gasteiger partial charge in [-0.25, -0.2) is 8.78 Å². The Kier molecular flexibility index (Phi) is 4.58. The van der Waals surface area contributed by atoms with Crippen LogP contribution in [0.5, 0.6) is 5.75 Å². The Hall–Kier alpha value is -1.94. The van der Waals surface area contributed by atoms with Crippen LogP contribution < -0.4 is 10.1 Å². The normalized spacial score (nSPS) is 12.3. The fourth-order valence-electron chi connectivity index (χ4n) is 2.62. The van der Waals surface area contributed by atoms with Crippen LogP contribution in [0.2, 0.25) is 0 Å². The van der Waals surface area contributed by atoms with Crippen LogP contribution in [0.3, 0.4) is 0 Å². The molecule has 1 unspecified atom stereocenters. The lowest BCUT2D eigenvalue weighted by atomic mass is 9.93. The number of halogens is 2. The largest absolute Gasteiger partial charge is 0.497 e. The minimum absolute atomic E-state index is 0.331. The number of benzene rings is 2. The van der Waals surface area contributed by atoms with Crippen molar-refractivity contribution in [1.29, 1.82) is 0 Å². The first-order valence-electron chi connectivity index (χ1n) is 6.75. The van der Waals surface area contributed by atoms with Crippen LogP contribution in [0.25, 0.3) is 0 Å². The van der Waals surface area contributed by atoms with Crippen LogP contribution in [-0.4, -0.2) is 14.2 Å². The van der Waals surface area contributed by atoms with Gasteiger partial charge in [0.15, 0.2) is 0 Å². The van der Waals surface area contributed by atoms with Crippen LogP contribution in [0.4, 0.5) is 8.78 Å². The van der Waals surface area contributed by atoms with Gasteiger partial charge in [0.25, 0.3) is 0 Å². The molecule has 2 aromatic rings. The highest BCUT2D eigenvalue weighted by Gasteiger charge is 2.22. The maximum atomic E-state index is 14.3. The molecule has 2 rings (SSSR count). The Labute approximate surface area is 123 Å². The first-order valence-corrected chi connectivity index (χ1v) is 6.75. The van der Waals surface area contributed by atoms with Crippen molar-refractivity contribution in [2.24, 2.45) is 0 Å². The summed E-state index contributed by atoms with van der Waals surface area (Å²) < 4.78 is 33.6. The standard InChI is InChI=1S/C17H19F2NO/c1-10-7-11(2)16(15(19)8-10)17(20-3)13-6-5-12(21-4)9-14(13)18/h5-9,17,20H,1-4H3. The van der Waals surface area contributed by atoms with Crippen LogP contribution in [0, 0.1) is 25.5 Å². The molecule has 0 radical (unpaired) electrons. The summed E-state index contributed by atoms with van der Waals surface area (Å²) in [5, 5.41) is 2.99. The van der Waals surface area contributed by atoms with Crippen molar-refractivity contribution in [2.75, 3.05) is 14.2 Å². The molecular weight excluding hydrogens is 272 g/mol. The molecule has 0 heterocycles. The molecule has 2 nitrogen and oxygen atoms in total. The first kappa shape index (κ1) is 15.4. The van der Waals surface area contributed by atoms with Gasteiger partial charge in [0.2, 0.25) is 0 Å². The maximum Gasteiger partial charge on any atom is 0.132 e. The average molecular weight is 291 g/mol. The van der Waals surface area contributed by atoms with E-state index < -0.39 is 11.9 Å². The highest BCUT2D eigenvalue weighted by atomic mass is 19.1. The summed E-state index contributed by atoms with van der Waals surface area (Å²) >= 11 is 0. The van der Waals surface area contributed by atoms with Crippen molar-refractivity contribution < 1.29 is 13.5 Å². The number of nitrogens with one attached hydrogen (secondary N) is 1. The van der Waals surface area contributed by atoms with Crippen molar-refractivity contribution >= 4 is 0 Å². The van der Waals surface area contributed by atoms with Gasteiger partial charge in [-0.1, -0.05) is 12.1 Å². The topological polar surface area (TPSA) is 21.3 Å². The molecule has 0 amide bonds. The summed E-state index contributed by atoms with van der Waals surface area (Å²) in [5.74, 6) is -0.317. The molecular formula is C17H19F2NO. The molecule has 0 aliphatic heterocycles. The lowest BCUT2D eigenvalue weighted by molar-refractivity contribution is 0.410. The zero-order valence-electron chi connectivity index (χ0n) is 12.6. The van der Waals surface area contributed by atoms with Crippen LogP contribution in [-0.2, 0) is 0 Å². The van der Waals surface area contributed by atoms with Gasteiger partial charge in [0.05, 0.1) is 13.2 Å². The molecule has 4 heteroatoms. The van der Waals surface area contributed by atoms with E-state index in [4.69, 9.17) is 4.74 Å². The highest BCUT2D eigenvalue weighted by Crippen LogP contribution is 2.31. The SMILES string of the molecule is CNC(c1ccc(OC)cc1F)c1c(C)cc(C)cc1F. The average Bonchev–Trinajstić information content (AvgIpc) is 2.43. The lowest BCUT2D eigenvalue weighted by Crippen LogP contribution is -2.21. The quantitative estimate of drug-likeness (QED) is 0.922. The molecule has 21 heavy (non-hydrogen) atoms. The van der Waals surface area contributed by atoms with Crippen LogP contribution in [0.15, 0.2) is 30.3 Å². The monoisotopic (exact) mass is 291 g/mol. The smallest absolute Gasteiger partial charge is 0.132 e. The molecule has 1 atom stereocenters. The third-order valence-corrected chi connectivity index (χ3v) is 3.58. The summed E-state index contributed by atoms with van der Waals surface area (Å²) in [6.07, 6.45) is 0. The number of hydrogen-bond acceptors (Lipinski definition) is 2. The summed E-state index contributed by atoms with van der Waals surface area (Å²) in [5.41, 5.74) is 2.50. The summed E-state index contributed by atoms with van der Waals surface area (Å²) in [6.45, 7) is 3.67. The van der Waals surface area contributed by atoms with Gasteiger partial charge >= 0.3 is 0 Å². The fourth-order valence-corrected chi connectivity index (χ4v) is 2.62. The van der Waals surface area contributed by atoms with Gasteiger partial charge in [-0.05, 0) is 44.2 Å². The van der Waals surface area contributed by atoms with E-state index in [-0.39, 0.29) is 5.82 Å². The van der Waals surface area contributed by atoms with Crippen molar-refractivity contribution in [1.82, 2.24) is 5.32 Å². The van der Waals surface area contributed by atoms with E-state index >= 15 is 0 Å². The Morgan fingerprint density at radius 2 is 1.76 bits per heavy atom. The van der Waals surface area contributed by atoms with E-state index in [2.05, 4.69) is 5.32 Å². The Morgan fingerprint density at radius 1 is 1.05 bits per heavy atom. The van der Waals surface area contributed by atoms with Gasteiger partial charge in [0, 0.05) is 17.2 Å². The van der Waals surface area contributed by atoms with Gasteiger partial charge in [-0.3, -0.25) is 0 Å². The van der Waals surface area contributed by atoms with Crippen molar-refractivity contribution in [3.05, 3.63) is 64.2 Å². The molecule has 2 aromatic carbocycles. The third kappa shape index (κ3) is 3.05. The van der Waals surface area contributed by atoms with Crippen LogP contribution in [0.1, 0.15) is 28.3 Å². The second kappa shape index (κ2) is 6.22. The number of methoxy groups -OCH3 is 1. The molecule has 0 fully saturated rings. The highest BCUT2D eigenvalue weighted by molar-refractivity contribution is 5.42. The first-order chi connectivity index (χ1) is 9.97. The fraction of sp³-hybridized carbons (Fsp3) is 0.294. The summed E-state index contributed by atoms with van der Waals surface area (Å²) in [6, 6.07) is 7.41. The summed E-state index contributed by atoms with van der Waals surface area (Å²) in [7, 11) is 3.17. The van der Waals surface area contributed by atoms with Gasteiger partial charge in [-0.15, -0.1) is 0 Å². The predicted octanol–water partition coefficient (Wildman–Crippen LogP) is 3.90. The molecule has 0 aliphatic rings. The van der Waals surface area contributed by atoms with E-state index in [0.717, 1.165) is 11.1 Å². The molecule has 0 spiro atoms. The number of ether oxygens (including phenoxy) is 1. The van der Waals surface area contributed by atoms with Crippen molar-refractivity contribution in [3.63, 3.8) is 0 Å². The molecule has 0 aliphatic carbocycles. The molecule has 0 saturated heterocycles. The zero-order valence-corrected chi connectivity index (χ0v) is 12.6. The van der Waals surface area contributed by atoms with Gasteiger partial charge in [0.1, 0.15) is 17.4 Å². The minimum atomic E-state index is -0.545. The number of hydrogen-bond donors (Lipinski definition) is 1. The molecule has 1 N–H and O–H groups in total. The van der Waals surface area contributed by atoms with Crippen LogP contribution >= 0.6 is 0 Å². The second-order valence-electron chi connectivity index (χ2n) is 5.09. The van der Waals surface area contributed by atoms with E-state index in [1.54, 1.807) is 19.2 Å². The molecule has 112 valence electrons. The van der Waals surface area contributed by atoms with E-state index in [1.807, 2.05) is 19.9 Å². The zero-order chi connectivity index (χ0) is 15.6.